The minimum atomic E-state index is -0.199. The predicted octanol–water partition coefficient (Wildman–Crippen LogP) is 2.19. The molecule has 1 N–H and O–H groups in total. The molecule has 0 radical (unpaired) electrons. The molecule has 2 unspecified atom stereocenters. The number of carbonyl (C=O) groups is 1. The minimum Gasteiger partial charge on any atom is -0.393 e. The average Bonchev–Trinajstić information content (AvgIpc) is 2.82. The Hall–Kier alpha value is -0.570. The molecule has 17 heavy (non-hydrogen) atoms. The van der Waals surface area contributed by atoms with Gasteiger partial charge in [0.05, 0.1) is 6.10 Å². The first kappa shape index (κ1) is 12.9. The topological polar surface area (TPSA) is 40.5 Å². The third kappa shape index (κ3) is 3.21. The van der Waals surface area contributed by atoms with Crippen molar-refractivity contribution in [1.82, 2.24) is 4.90 Å². The van der Waals surface area contributed by atoms with Gasteiger partial charge in [0.15, 0.2) is 0 Å². The zero-order chi connectivity index (χ0) is 12.3. The van der Waals surface area contributed by atoms with E-state index in [9.17, 15) is 9.90 Å². The highest BCUT2D eigenvalue weighted by molar-refractivity contribution is 5.76. The lowest BCUT2D eigenvalue weighted by Gasteiger charge is -2.36. The highest BCUT2D eigenvalue weighted by Gasteiger charge is 2.30. The first-order valence-electron chi connectivity index (χ1n) is 7.16. The lowest BCUT2D eigenvalue weighted by atomic mass is 9.91. The molecule has 0 bridgehead atoms. The lowest BCUT2D eigenvalue weighted by molar-refractivity contribution is -0.136. The number of rotatable bonds is 3. The third-order valence-electron chi connectivity index (χ3n) is 4.51. The quantitative estimate of drug-likeness (QED) is 0.820. The molecule has 1 saturated carbocycles. The molecule has 3 nitrogen and oxygen atoms in total. The van der Waals surface area contributed by atoms with Crippen molar-refractivity contribution in [2.45, 2.75) is 58.0 Å². The van der Waals surface area contributed by atoms with E-state index >= 15 is 0 Å². The maximum absolute atomic E-state index is 12.2. The monoisotopic (exact) mass is 239 g/mol. The van der Waals surface area contributed by atoms with Gasteiger partial charge in [-0.05, 0) is 31.6 Å². The van der Waals surface area contributed by atoms with Gasteiger partial charge in [-0.3, -0.25) is 4.79 Å². The summed E-state index contributed by atoms with van der Waals surface area (Å²) in [5.41, 5.74) is 0. The fourth-order valence-electron chi connectivity index (χ4n) is 3.24. The molecule has 1 aliphatic heterocycles. The van der Waals surface area contributed by atoms with Gasteiger partial charge in [-0.2, -0.15) is 0 Å². The zero-order valence-corrected chi connectivity index (χ0v) is 10.9. The SMILES string of the molecule is CCC1CN(C(=O)CC2CCCC2)CCC1O. The molecule has 0 aromatic carbocycles. The van der Waals surface area contributed by atoms with E-state index in [-0.39, 0.29) is 12.0 Å². The van der Waals surface area contributed by atoms with Crippen LogP contribution in [0.25, 0.3) is 0 Å². The van der Waals surface area contributed by atoms with E-state index in [1.54, 1.807) is 0 Å². The van der Waals surface area contributed by atoms with E-state index in [1.165, 1.54) is 25.7 Å². The Balaban J connectivity index is 1.82. The third-order valence-corrected chi connectivity index (χ3v) is 4.51. The average molecular weight is 239 g/mol. The van der Waals surface area contributed by atoms with Crippen molar-refractivity contribution in [2.24, 2.45) is 11.8 Å². The number of carbonyl (C=O) groups excluding carboxylic acids is 1. The Kier molecular flexibility index (Phi) is 4.43. The summed E-state index contributed by atoms with van der Waals surface area (Å²) in [5, 5.41) is 9.81. The Labute approximate surface area is 104 Å². The van der Waals surface area contributed by atoms with Gasteiger partial charge < -0.3 is 10.0 Å². The van der Waals surface area contributed by atoms with Crippen molar-refractivity contribution in [1.29, 1.82) is 0 Å². The summed E-state index contributed by atoms with van der Waals surface area (Å²) in [6, 6.07) is 0. The van der Waals surface area contributed by atoms with Crippen LogP contribution >= 0.6 is 0 Å². The highest BCUT2D eigenvalue weighted by atomic mass is 16.3. The Morgan fingerprint density at radius 2 is 2.00 bits per heavy atom. The van der Waals surface area contributed by atoms with Gasteiger partial charge in [0.1, 0.15) is 0 Å². The summed E-state index contributed by atoms with van der Waals surface area (Å²) in [6.45, 7) is 3.62. The van der Waals surface area contributed by atoms with Gasteiger partial charge in [-0.1, -0.05) is 19.8 Å². The molecule has 2 fully saturated rings. The van der Waals surface area contributed by atoms with Crippen LogP contribution in [0.1, 0.15) is 51.9 Å². The second-order valence-electron chi connectivity index (χ2n) is 5.72. The van der Waals surface area contributed by atoms with E-state index in [2.05, 4.69) is 6.92 Å². The number of hydrogen-bond donors (Lipinski definition) is 1. The molecule has 1 saturated heterocycles. The van der Waals surface area contributed by atoms with E-state index in [1.807, 2.05) is 4.90 Å². The van der Waals surface area contributed by atoms with E-state index in [0.29, 0.717) is 11.8 Å². The summed E-state index contributed by atoms with van der Waals surface area (Å²) in [5.74, 6) is 1.24. The summed E-state index contributed by atoms with van der Waals surface area (Å²) in [6.07, 6.45) is 7.34. The molecule has 3 heteroatoms. The minimum absolute atomic E-state index is 0.199. The van der Waals surface area contributed by atoms with E-state index < -0.39 is 0 Å². The second-order valence-corrected chi connectivity index (χ2v) is 5.72. The molecule has 98 valence electrons. The van der Waals surface area contributed by atoms with Crippen molar-refractivity contribution in [2.75, 3.05) is 13.1 Å². The number of likely N-dealkylation sites (tertiary alicyclic amines) is 1. The maximum Gasteiger partial charge on any atom is 0.222 e. The summed E-state index contributed by atoms with van der Waals surface area (Å²) in [7, 11) is 0. The molecule has 0 aromatic rings. The fraction of sp³-hybridized carbons (Fsp3) is 0.929. The van der Waals surface area contributed by atoms with Crippen molar-refractivity contribution in [3.8, 4) is 0 Å². The van der Waals surface area contributed by atoms with Gasteiger partial charge in [0, 0.05) is 25.4 Å². The summed E-state index contributed by atoms with van der Waals surface area (Å²) in [4.78, 5) is 14.2. The molecule has 0 spiro atoms. The van der Waals surface area contributed by atoms with Crippen LogP contribution in [0.3, 0.4) is 0 Å². The predicted molar refractivity (Wildman–Crippen MR) is 67.6 cm³/mol. The van der Waals surface area contributed by atoms with Crippen LogP contribution in [0.5, 0.6) is 0 Å². The Morgan fingerprint density at radius 1 is 1.29 bits per heavy atom. The molecule has 1 heterocycles. The molecule has 2 aliphatic rings. The smallest absolute Gasteiger partial charge is 0.222 e. The number of aliphatic hydroxyl groups is 1. The van der Waals surface area contributed by atoms with E-state index in [0.717, 1.165) is 32.4 Å². The number of amides is 1. The normalized spacial score (nSPS) is 30.8. The molecule has 0 aromatic heterocycles. The first-order valence-corrected chi connectivity index (χ1v) is 7.16. The number of nitrogens with zero attached hydrogens (tertiary/aromatic N) is 1. The maximum atomic E-state index is 12.2. The molecular weight excluding hydrogens is 214 g/mol. The number of aliphatic hydroxyl groups excluding tert-OH is 1. The van der Waals surface area contributed by atoms with Crippen LogP contribution in [-0.4, -0.2) is 35.1 Å². The van der Waals surface area contributed by atoms with Crippen LogP contribution in [0.2, 0.25) is 0 Å². The summed E-state index contributed by atoms with van der Waals surface area (Å²) < 4.78 is 0. The van der Waals surface area contributed by atoms with Crippen LogP contribution < -0.4 is 0 Å². The van der Waals surface area contributed by atoms with Gasteiger partial charge in [0.25, 0.3) is 0 Å². The van der Waals surface area contributed by atoms with Crippen molar-refractivity contribution >= 4 is 5.91 Å². The summed E-state index contributed by atoms with van der Waals surface area (Å²) >= 11 is 0. The Bertz CT molecular complexity index is 261. The number of hydrogen-bond acceptors (Lipinski definition) is 2. The zero-order valence-electron chi connectivity index (χ0n) is 10.9. The van der Waals surface area contributed by atoms with Crippen LogP contribution in [0.15, 0.2) is 0 Å². The highest BCUT2D eigenvalue weighted by Crippen LogP contribution is 2.29. The molecule has 2 rings (SSSR count). The van der Waals surface area contributed by atoms with Crippen LogP contribution in [-0.2, 0) is 4.79 Å². The van der Waals surface area contributed by atoms with Crippen molar-refractivity contribution in [3.63, 3.8) is 0 Å². The Morgan fingerprint density at radius 3 is 2.65 bits per heavy atom. The van der Waals surface area contributed by atoms with Crippen LogP contribution in [0, 0.1) is 11.8 Å². The molecule has 2 atom stereocenters. The first-order chi connectivity index (χ1) is 8.20. The molecule has 1 aliphatic carbocycles. The van der Waals surface area contributed by atoms with Gasteiger partial charge in [-0.25, -0.2) is 0 Å². The fourth-order valence-corrected chi connectivity index (χ4v) is 3.24. The van der Waals surface area contributed by atoms with Gasteiger partial charge in [0.2, 0.25) is 5.91 Å². The van der Waals surface area contributed by atoms with Gasteiger partial charge >= 0.3 is 0 Å². The molecular formula is C14H25NO2. The second kappa shape index (κ2) is 5.85. The standard InChI is InChI=1S/C14H25NO2/c1-2-12-10-15(8-7-13(12)16)14(17)9-11-5-3-4-6-11/h11-13,16H,2-10H2,1H3. The lowest BCUT2D eigenvalue weighted by Crippen LogP contribution is -2.46. The van der Waals surface area contributed by atoms with Crippen molar-refractivity contribution in [3.05, 3.63) is 0 Å². The van der Waals surface area contributed by atoms with Gasteiger partial charge in [-0.15, -0.1) is 0 Å². The molecule has 1 amide bonds. The van der Waals surface area contributed by atoms with Crippen LogP contribution in [0.4, 0.5) is 0 Å². The van der Waals surface area contributed by atoms with Crippen molar-refractivity contribution < 1.29 is 9.90 Å². The number of piperidine rings is 1. The largest absolute Gasteiger partial charge is 0.393 e. The van der Waals surface area contributed by atoms with E-state index in [4.69, 9.17) is 0 Å².